The molecule has 0 heterocycles. The molecule has 0 radical (unpaired) electrons. The molecule has 21 heavy (non-hydrogen) atoms. The van der Waals surface area contributed by atoms with Crippen LogP contribution in [0.1, 0.15) is 21.5 Å². The van der Waals surface area contributed by atoms with Crippen molar-refractivity contribution in [1.29, 1.82) is 0 Å². The van der Waals surface area contributed by atoms with Gasteiger partial charge < -0.3 is 16.2 Å². The Morgan fingerprint density at radius 2 is 1.81 bits per heavy atom. The smallest absolute Gasteiger partial charge is 0.337 e. The molecule has 5 nitrogen and oxygen atoms in total. The van der Waals surface area contributed by atoms with Crippen LogP contribution in [0.5, 0.6) is 0 Å². The number of nitrogen functional groups attached to an aromatic ring is 1. The summed E-state index contributed by atoms with van der Waals surface area (Å²) in [5, 5.41) is 11.7. The molecule has 108 valence electrons. The lowest BCUT2D eigenvalue weighted by atomic mass is 10.1. The third kappa shape index (κ3) is 3.82. The Kier molecular flexibility index (Phi) is 4.23. The first-order valence-electron chi connectivity index (χ1n) is 6.44. The van der Waals surface area contributed by atoms with Crippen molar-refractivity contribution in [3.05, 3.63) is 59.2 Å². The highest BCUT2D eigenvalue weighted by Gasteiger charge is 2.13. The van der Waals surface area contributed by atoms with Gasteiger partial charge in [0, 0.05) is 5.69 Å². The van der Waals surface area contributed by atoms with Gasteiger partial charge in [-0.25, -0.2) is 4.79 Å². The topological polar surface area (TPSA) is 92.4 Å². The summed E-state index contributed by atoms with van der Waals surface area (Å²) in [5.41, 5.74) is 8.10. The molecule has 2 rings (SSSR count). The van der Waals surface area contributed by atoms with Crippen LogP contribution in [0.2, 0.25) is 0 Å². The van der Waals surface area contributed by atoms with Gasteiger partial charge in [0.05, 0.1) is 17.7 Å². The van der Waals surface area contributed by atoms with Crippen LogP contribution < -0.4 is 11.1 Å². The number of carboxylic acid groups (broad SMARTS) is 1. The maximum atomic E-state index is 12.0. The molecule has 0 aliphatic carbocycles. The SMILES string of the molecule is Cc1ccc(CC(=O)Nc2ccc(N)cc2C(=O)O)cc1. The number of anilines is 2. The molecule has 0 saturated carbocycles. The number of carboxylic acids is 1. The summed E-state index contributed by atoms with van der Waals surface area (Å²) in [5.74, 6) is -1.40. The molecular weight excluding hydrogens is 268 g/mol. The van der Waals surface area contributed by atoms with Crippen LogP contribution in [0, 0.1) is 6.92 Å². The van der Waals surface area contributed by atoms with E-state index >= 15 is 0 Å². The van der Waals surface area contributed by atoms with Gasteiger partial charge in [-0.2, -0.15) is 0 Å². The van der Waals surface area contributed by atoms with E-state index in [1.165, 1.54) is 12.1 Å². The van der Waals surface area contributed by atoms with Gasteiger partial charge in [-0.15, -0.1) is 0 Å². The van der Waals surface area contributed by atoms with E-state index in [0.29, 0.717) is 5.69 Å². The first-order chi connectivity index (χ1) is 9.95. The highest BCUT2D eigenvalue weighted by molar-refractivity contribution is 6.01. The highest BCUT2D eigenvalue weighted by atomic mass is 16.4. The fourth-order valence-electron chi connectivity index (χ4n) is 1.93. The number of carbonyl (C=O) groups excluding carboxylic acids is 1. The van der Waals surface area contributed by atoms with Gasteiger partial charge in [-0.1, -0.05) is 29.8 Å². The molecule has 0 atom stereocenters. The van der Waals surface area contributed by atoms with Crippen LogP contribution in [-0.4, -0.2) is 17.0 Å². The van der Waals surface area contributed by atoms with Gasteiger partial charge in [0.15, 0.2) is 0 Å². The lowest BCUT2D eigenvalue weighted by molar-refractivity contribution is -0.115. The minimum atomic E-state index is -1.13. The number of aromatic carboxylic acids is 1. The molecule has 0 fully saturated rings. The number of rotatable bonds is 4. The summed E-state index contributed by atoms with van der Waals surface area (Å²) in [7, 11) is 0. The Hall–Kier alpha value is -2.82. The molecule has 0 bridgehead atoms. The quantitative estimate of drug-likeness (QED) is 0.752. The molecule has 0 saturated heterocycles. The normalized spacial score (nSPS) is 10.1. The summed E-state index contributed by atoms with van der Waals surface area (Å²) < 4.78 is 0. The van der Waals surface area contributed by atoms with Crippen molar-refractivity contribution in [2.24, 2.45) is 0 Å². The van der Waals surface area contributed by atoms with Crippen molar-refractivity contribution in [3.8, 4) is 0 Å². The van der Waals surface area contributed by atoms with Gasteiger partial charge in [-0.3, -0.25) is 4.79 Å². The third-order valence-electron chi connectivity index (χ3n) is 3.03. The Morgan fingerprint density at radius 3 is 2.43 bits per heavy atom. The predicted octanol–water partition coefficient (Wildman–Crippen LogP) is 2.46. The van der Waals surface area contributed by atoms with Gasteiger partial charge in [-0.05, 0) is 30.7 Å². The zero-order valence-corrected chi connectivity index (χ0v) is 11.6. The van der Waals surface area contributed by atoms with E-state index in [0.717, 1.165) is 11.1 Å². The van der Waals surface area contributed by atoms with Crippen LogP contribution in [0.25, 0.3) is 0 Å². The number of aryl methyl sites for hydroxylation is 1. The van der Waals surface area contributed by atoms with Crippen molar-refractivity contribution in [2.45, 2.75) is 13.3 Å². The molecule has 0 unspecified atom stereocenters. The van der Waals surface area contributed by atoms with Crippen LogP contribution in [0.3, 0.4) is 0 Å². The van der Waals surface area contributed by atoms with E-state index in [1.54, 1.807) is 6.07 Å². The van der Waals surface area contributed by atoms with Gasteiger partial charge >= 0.3 is 5.97 Å². The zero-order valence-electron chi connectivity index (χ0n) is 11.6. The van der Waals surface area contributed by atoms with Crippen molar-refractivity contribution in [1.82, 2.24) is 0 Å². The van der Waals surface area contributed by atoms with E-state index < -0.39 is 5.97 Å². The van der Waals surface area contributed by atoms with Gasteiger partial charge in [0.2, 0.25) is 5.91 Å². The number of nitrogens with one attached hydrogen (secondary N) is 1. The predicted molar refractivity (Wildman–Crippen MR) is 81.3 cm³/mol. The molecular formula is C16H16N2O3. The van der Waals surface area contributed by atoms with Crippen molar-refractivity contribution >= 4 is 23.3 Å². The van der Waals surface area contributed by atoms with Crippen molar-refractivity contribution in [3.63, 3.8) is 0 Å². The minimum Gasteiger partial charge on any atom is -0.478 e. The maximum absolute atomic E-state index is 12.0. The Labute approximate surface area is 122 Å². The molecule has 0 spiro atoms. The summed E-state index contributed by atoms with van der Waals surface area (Å²) in [6.45, 7) is 1.97. The second kappa shape index (κ2) is 6.09. The van der Waals surface area contributed by atoms with Crippen LogP contribution in [0.4, 0.5) is 11.4 Å². The van der Waals surface area contributed by atoms with Gasteiger partial charge in [0.25, 0.3) is 0 Å². The molecule has 0 aliphatic heterocycles. The van der Waals surface area contributed by atoms with Crippen LogP contribution in [0.15, 0.2) is 42.5 Å². The first-order valence-corrected chi connectivity index (χ1v) is 6.44. The lowest BCUT2D eigenvalue weighted by Crippen LogP contribution is -2.17. The fourth-order valence-corrected chi connectivity index (χ4v) is 1.93. The van der Waals surface area contributed by atoms with Crippen molar-refractivity contribution in [2.75, 3.05) is 11.1 Å². The van der Waals surface area contributed by atoms with Crippen LogP contribution >= 0.6 is 0 Å². The third-order valence-corrected chi connectivity index (χ3v) is 3.03. The number of hydrogen-bond acceptors (Lipinski definition) is 3. The minimum absolute atomic E-state index is 0.0211. The average Bonchev–Trinajstić information content (AvgIpc) is 2.43. The summed E-state index contributed by atoms with van der Waals surface area (Å²) in [6.07, 6.45) is 0.184. The van der Waals surface area contributed by atoms with E-state index in [2.05, 4.69) is 5.32 Å². The lowest BCUT2D eigenvalue weighted by Gasteiger charge is -2.09. The number of amides is 1. The van der Waals surface area contributed by atoms with E-state index in [4.69, 9.17) is 10.8 Å². The second-order valence-corrected chi connectivity index (χ2v) is 4.82. The average molecular weight is 284 g/mol. The molecule has 5 heteroatoms. The Morgan fingerprint density at radius 1 is 1.14 bits per heavy atom. The summed E-state index contributed by atoms with van der Waals surface area (Å²) in [6, 6.07) is 12.0. The van der Waals surface area contributed by atoms with Gasteiger partial charge in [0.1, 0.15) is 0 Å². The van der Waals surface area contributed by atoms with E-state index in [-0.39, 0.29) is 23.6 Å². The summed E-state index contributed by atoms with van der Waals surface area (Å²) in [4.78, 5) is 23.1. The molecule has 2 aromatic carbocycles. The summed E-state index contributed by atoms with van der Waals surface area (Å²) >= 11 is 0. The molecule has 1 amide bonds. The molecule has 0 aromatic heterocycles. The monoisotopic (exact) mass is 284 g/mol. The maximum Gasteiger partial charge on any atom is 0.337 e. The second-order valence-electron chi connectivity index (χ2n) is 4.82. The van der Waals surface area contributed by atoms with Crippen LogP contribution in [-0.2, 0) is 11.2 Å². The standard InChI is InChI=1S/C16H16N2O3/c1-10-2-4-11(5-3-10)8-15(19)18-14-7-6-12(17)9-13(14)16(20)21/h2-7,9H,8,17H2,1H3,(H,18,19)(H,20,21). The largest absolute Gasteiger partial charge is 0.478 e. The van der Waals surface area contributed by atoms with E-state index in [1.807, 2.05) is 31.2 Å². The first kappa shape index (κ1) is 14.6. The number of hydrogen-bond donors (Lipinski definition) is 3. The molecule has 0 aliphatic rings. The number of nitrogens with two attached hydrogens (primary N) is 1. The molecule has 2 aromatic rings. The zero-order chi connectivity index (χ0) is 15.4. The highest BCUT2D eigenvalue weighted by Crippen LogP contribution is 2.19. The van der Waals surface area contributed by atoms with Crippen molar-refractivity contribution < 1.29 is 14.7 Å². The van der Waals surface area contributed by atoms with E-state index in [9.17, 15) is 9.59 Å². The Balaban J connectivity index is 2.12. The fraction of sp³-hybridized carbons (Fsp3) is 0.125. The Bertz CT molecular complexity index is 678. The number of carbonyl (C=O) groups is 2. The molecule has 4 N–H and O–H groups in total. The number of benzene rings is 2.